The summed E-state index contributed by atoms with van der Waals surface area (Å²) in [5, 5.41) is 17.7. The van der Waals surface area contributed by atoms with Crippen LogP contribution in [0.4, 0.5) is 13.2 Å². The molecule has 82 heavy (non-hydrogen) atoms. The molecule has 0 saturated heterocycles. The van der Waals surface area contributed by atoms with Crippen LogP contribution in [0.2, 0.25) is 0 Å². The molecule has 0 saturated carbocycles. The lowest BCUT2D eigenvalue weighted by Crippen LogP contribution is -2.16. The highest BCUT2D eigenvalue weighted by atomic mass is 32.1. The van der Waals surface area contributed by atoms with Crippen molar-refractivity contribution < 1.29 is 56.8 Å². The Balaban J connectivity index is 0.000000185. The number of nitrogens with two attached hydrogens (primary N) is 3. The van der Waals surface area contributed by atoms with Crippen LogP contribution in [0, 0.1) is 17.5 Å². The van der Waals surface area contributed by atoms with Crippen molar-refractivity contribution in [3.05, 3.63) is 269 Å². The van der Waals surface area contributed by atoms with E-state index in [9.17, 15) is 37.1 Å². The van der Waals surface area contributed by atoms with Gasteiger partial charge < -0.3 is 36.9 Å². The summed E-state index contributed by atoms with van der Waals surface area (Å²) in [6.45, 7) is 4.87. The fourth-order valence-electron chi connectivity index (χ4n) is 7.78. The number of primary amides is 2. The molecule has 16 heteroatoms. The normalized spacial score (nSPS) is 11.4. The molecule has 0 aliphatic carbocycles. The summed E-state index contributed by atoms with van der Waals surface area (Å²) in [5.74, 6) is -5.33. The van der Waals surface area contributed by atoms with Crippen LogP contribution in [-0.4, -0.2) is 44.9 Å². The first-order chi connectivity index (χ1) is 39.2. The summed E-state index contributed by atoms with van der Waals surface area (Å²) in [4.78, 5) is 57.4. The van der Waals surface area contributed by atoms with Gasteiger partial charge >= 0.3 is 17.9 Å². The second-order valence-electron chi connectivity index (χ2n) is 18.3. The molecule has 8 N–H and O–H groups in total. The average Bonchev–Trinajstić information content (AvgIpc) is 3.57. The fourth-order valence-corrected chi connectivity index (χ4v) is 7.92. The number of phenolic OH excluding ortho intramolecular Hbond substituents is 1. The molecule has 9 aromatic carbocycles. The summed E-state index contributed by atoms with van der Waals surface area (Å²) in [5.41, 5.74) is 22.4. The highest BCUT2D eigenvalue weighted by Crippen LogP contribution is 2.30. The summed E-state index contributed by atoms with van der Waals surface area (Å²) in [6.07, 6.45) is 0. The van der Waals surface area contributed by atoms with Crippen LogP contribution in [-0.2, 0) is 14.4 Å². The van der Waals surface area contributed by atoms with Gasteiger partial charge in [0.25, 0.3) is 0 Å². The number of phenols is 1. The predicted octanol–water partition coefficient (Wildman–Crippen LogP) is 13.3. The van der Waals surface area contributed by atoms with E-state index in [1.165, 1.54) is 66.7 Å². The van der Waals surface area contributed by atoms with E-state index in [1.807, 2.05) is 91.0 Å². The Morgan fingerprint density at radius 2 is 0.707 bits per heavy atom. The second kappa shape index (κ2) is 29.1. The van der Waals surface area contributed by atoms with Gasteiger partial charge in [-0.05, 0) is 145 Å². The standard InChI is InChI=1S/C22H18FNO3.C22H18FNO2S.C15H13FO2.C7H7NO2/c1-14(22(26)27-18-10-7-16(8-11-18)21(24)25)17-9-12-19(20(23)13-17)15-5-3-2-4-6-15;1-14(22(25)26-18-10-7-16(8-11-18)21(24)27)17-9-12-19(20(23)13-17)15-5-3-2-4-6-15;1-10(15(17)18)12-7-8-13(14(16)9-12)11-5-3-2-4-6-11;8-7(10)5-1-3-6(9)4-2-5/h2-14H,1H3,(H2,24,25);2-14H,1H3,(H2,24,27);2-10H,1H3,(H,17,18);1-4,9H,(H2,8,10). The molecule has 2 amide bonds. The number of carbonyl (C=O) groups is 5. The summed E-state index contributed by atoms with van der Waals surface area (Å²) in [7, 11) is 0. The van der Waals surface area contributed by atoms with Crippen LogP contribution in [0.1, 0.15) is 81.5 Å². The number of aromatic hydroxyl groups is 1. The van der Waals surface area contributed by atoms with Crippen molar-refractivity contribution in [3.8, 4) is 50.6 Å². The molecule has 0 fully saturated rings. The van der Waals surface area contributed by atoms with Crippen LogP contribution >= 0.6 is 12.2 Å². The average molecular weight is 1120 g/mol. The van der Waals surface area contributed by atoms with Crippen LogP contribution in [0.3, 0.4) is 0 Å². The monoisotopic (exact) mass is 1120 g/mol. The Hall–Kier alpha value is -10.2. The van der Waals surface area contributed by atoms with Crippen molar-refractivity contribution in [2.24, 2.45) is 17.2 Å². The van der Waals surface area contributed by atoms with Crippen molar-refractivity contribution in [2.75, 3.05) is 0 Å². The highest BCUT2D eigenvalue weighted by molar-refractivity contribution is 7.80. The van der Waals surface area contributed by atoms with Crippen molar-refractivity contribution in [2.45, 2.75) is 38.5 Å². The van der Waals surface area contributed by atoms with Crippen LogP contribution in [0.25, 0.3) is 33.4 Å². The molecule has 9 aromatic rings. The van der Waals surface area contributed by atoms with E-state index in [0.717, 1.165) is 16.7 Å². The van der Waals surface area contributed by atoms with Crippen LogP contribution < -0.4 is 26.7 Å². The smallest absolute Gasteiger partial charge is 0.318 e. The minimum Gasteiger partial charge on any atom is -0.508 e. The van der Waals surface area contributed by atoms with Gasteiger partial charge in [-0.25, -0.2) is 13.2 Å². The Morgan fingerprint density at radius 1 is 0.415 bits per heavy atom. The molecule has 0 aliphatic heterocycles. The van der Waals surface area contributed by atoms with Gasteiger partial charge in [-0.15, -0.1) is 0 Å². The Bertz CT molecular complexity index is 3510. The second-order valence-corrected chi connectivity index (χ2v) is 18.8. The number of halogens is 3. The number of aliphatic carboxylic acids is 1. The number of benzene rings is 9. The van der Waals surface area contributed by atoms with Gasteiger partial charge in [0, 0.05) is 33.4 Å². The van der Waals surface area contributed by atoms with Crippen LogP contribution in [0.5, 0.6) is 17.2 Å². The summed E-state index contributed by atoms with van der Waals surface area (Å²) in [6, 6.07) is 60.1. The largest absolute Gasteiger partial charge is 0.508 e. The molecule has 416 valence electrons. The van der Waals surface area contributed by atoms with Crippen molar-refractivity contribution in [1.29, 1.82) is 0 Å². The molecule has 0 heterocycles. The molecular weight excluding hydrogens is 1070 g/mol. The molecule has 0 radical (unpaired) electrons. The lowest BCUT2D eigenvalue weighted by atomic mass is 9.97. The lowest BCUT2D eigenvalue weighted by Gasteiger charge is -2.13. The van der Waals surface area contributed by atoms with Gasteiger partial charge in [0.1, 0.15) is 39.7 Å². The van der Waals surface area contributed by atoms with E-state index in [4.69, 9.17) is 49.1 Å². The SMILES string of the molecule is CC(C(=O)O)c1ccc(-c2ccccc2)c(F)c1.CC(C(=O)Oc1ccc(C(N)=O)cc1)c1ccc(-c2ccccc2)c(F)c1.CC(C(=O)Oc1ccc(C(N)=S)cc1)c1ccc(-c2ccccc2)c(F)c1.NC(=O)c1ccc(O)cc1. The van der Waals surface area contributed by atoms with Crippen molar-refractivity contribution >= 4 is 46.9 Å². The first-order valence-corrected chi connectivity index (χ1v) is 25.7. The maximum absolute atomic E-state index is 14.5. The van der Waals surface area contributed by atoms with E-state index in [0.29, 0.717) is 61.6 Å². The van der Waals surface area contributed by atoms with Gasteiger partial charge in [-0.2, -0.15) is 0 Å². The van der Waals surface area contributed by atoms with Gasteiger partial charge in [-0.1, -0.05) is 140 Å². The third-order valence-corrected chi connectivity index (χ3v) is 12.9. The molecule has 3 atom stereocenters. The van der Waals surface area contributed by atoms with Gasteiger partial charge in [0.05, 0.1) is 17.8 Å². The van der Waals surface area contributed by atoms with Crippen LogP contribution in [0.15, 0.2) is 218 Å². The molecule has 0 aromatic heterocycles. The zero-order valence-electron chi connectivity index (χ0n) is 44.5. The van der Waals surface area contributed by atoms with E-state index in [1.54, 1.807) is 81.4 Å². The number of rotatable bonds is 14. The minimum atomic E-state index is -0.957. The third-order valence-electron chi connectivity index (χ3n) is 12.7. The molecule has 12 nitrogen and oxygen atoms in total. The summed E-state index contributed by atoms with van der Waals surface area (Å²) < 4.78 is 53.7. The molecular formula is C66H56F3N3O9S. The number of hydrogen-bond donors (Lipinski definition) is 5. The van der Waals surface area contributed by atoms with Gasteiger partial charge in [0.2, 0.25) is 11.8 Å². The number of ether oxygens (including phenoxy) is 2. The number of carboxylic acid groups (broad SMARTS) is 1. The molecule has 0 bridgehead atoms. The zero-order chi connectivity index (χ0) is 59.5. The highest BCUT2D eigenvalue weighted by Gasteiger charge is 2.22. The Morgan fingerprint density at radius 3 is 0.988 bits per heavy atom. The number of thiocarbonyl (C=S) groups is 1. The Kier molecular flexibility index (Phi) is 21.7. The first kappa shape index (κ1) is 61.0. The van der Waals surface area contributed by atoms with E-state index in [2.05, 4.69) is 0 Å². The van der Waals surface area contributed by atoms with Crippen molar-refractivity contribution in [3.63, 3.8) is 0 Å². The predicted molar refractivity (Wildman–Crippen MR) is 314 cm³/mol. The Labute approximate surface area is 477 Å². The molecule has 9 rings (SSSR count). The zero-order valence-corrected chi connectivity index (χ0v) is 45.4. The number of amides is 2. The maximum Gasteiger partial charge on any atom is 0.318 e. The van der Waals surface area contributed by atoms with E-state index in [-0.39, 0.29) is 16.6 Å². The van der Waals surface area contributed by atoms with Gasteiger partial charge in [0.15, 0.2) is 0 Å². The van der Waals surface area contributed by atoms with Crippen molar-refractivity contribution in [1.82, 2.24) is 0 Å². The fraction of sp³-hybridized carbons (Fsp3) is 0.0909. The molecule has 3 unspecified atom stereocenters. The number of carboxylic acids is 1. The number of esters is 2. The molecule has 0 spiro atoms. The van der Waals surface area contributed by atoms with Gasteiger partial charge in [-0.3, -0.25) is 24.0 Å². The van der Waals surface area contributed by atoms with E-state index >= 15 is 0 Å². The minimum absolute atomic E-state index is 0.130. The van der Waals surface area contributed by atoms with E-state index < -0.39 is 59.1 Å². The number of carbonyl (C=O) groups excluding carboxylic acids is 4. The lowest BCUT2D eigenvalue weighted by molar-refractivity contribution is -0.138. The maximum atomic E-state index is 14.5. The topological polar surface area (TPSA) is 222 Å². The molecule has 0 aliphatic rings. The third kappa shape index (κ3) is 17.2. The quantitative estimate of drug-likeness (QED) is 0.0391. The summed E-state index contributed by atoms with van der Waals surface area (Å²) >= 11 is 4.89. The first-order valence-electron chi connectivity index (χ1n) is 25.3. The number of hydrogen-bond acceptors (Lipinski definition) is 9.